The zero-order valence-corrected chi connectivity index (χ0v) is 12.8. The molecule has 1 aliphatic rings. The van der Waals surface area contributed by atoms with Crippen molar-refractivity contribution in [3.63, 3.8) is 0 Å². The lowest BCUT2D eigenvalue weighted by Crippen LogP contribution is -1.95. The molecule has 4 nitrogen and oxygen atoms in total. The third-order valence-electron chi connectivity index (χ3n) is 3.63. The largest absolute Gasteiger partial charge is 0.508 e. The van der Waals surface area contributed by atoms with Crippen LogP contribution in [0.3, 0.4) is 0 Å². The van der Waals surface area contributed by atoms with E-state index in [1.165, 1.54) is 16.9 Å². The van der Waals surface area contributed by atoms with Crippen molar-refractivity contribution in [1.29, 1.82) is 0 Å². The van der Waals surface area contributed by atoms with Crippen LogP contribution in [0.1, 0.15) is 16.9 Å². The number of aromatic hydroxyl groups is 1. The average Bonchev–Trinajstić information content (AvgIpc) is 3.02. The van der Waals surface area contributed by atoms with E-state index < -0.39 is 0 Å². The van der Waals surface area contributed by atoms with Crippen molar-refractivity contribution in [3.8, 4) is 5.75 Å². The van der Waals surface area contributed by atoms with Gasteiger partial charge in [0.25, 0.3) is 0 Å². The van der Waals surface area contributed by atoms with E-state index in [4.69, 9.17) is 0 Å². The van der Waals surface area contributed by atoms with E-state index in [9.17, 15) is 5.11 Å². The Morgan fingerprint density at radius 3 is 2.71 bits per heavy atom. The van der Waals surface area contributed by atoms with Gasteiger partial charge in [-0.2, -0.15) is 0 Å². The molecule has 0 bridgehead atoms. The molecule has 0 radical (unpaired) electrons. The Bertz CT molecular complexity index is 785. The molecule has 0 aliphatic heterocycles. The molecule has 2 aromatic heterocycles. The highest BCUT2D eigenvalue weighted by Crippen LogP contribution is 2.39. The summed E-state index contributed by atoms with van der Waals surface area (Å²) >= 11 is 1.78. The van der Waals surface area contributed by atoms with Gasteiger partial charge in [0.2, 0.25) is 0 Å². The van der Waals surface area contributed by atoms with Crippen LogP contribution in [-0.2, 0) is 12.8 Å². The number of aromatic nitrogens is 2. The summed E-state index contributed by atoms with van der Waals surface area (Å²) in [4.78, 5) is 11.3. The third kappa shape index (κ3) is 2.43. The first-order valence-corrected chi connectivity index (χ1v) is 7.44. The molecule has 1 aliphatic carbocycles. The number of phenolic OH excluding ortho intramolecular Hbond substituents is 1. The van der Waals surface area contributed by atoms with Gasteiger partial charge in [-0.05, 0) is 49.1 Å². The third-order valence-corrected chi connectivity index (χ3v) is 4.83. The predicted molar refractivity (Wildman–Crippen MR) is 88.1 cm³/mol. The molecule has 0 saturated carbocycles. The van der Waals surface area contributed by atoms with Crippen LogP contribution < -0.4 is 5.32 Å². The van der Waals surface area contributed by atoms with Crippen LogP contribution in [0.15, 0.2) is 30.6 Å². The van der Waals surface area contributed by atoms with Crippen LogP contribution in [0.5, 0.6) is 5.75 Å². The SMILES string of the molecule is Cl.Oc1ccc(Nc2ncnc3sc4c(c23)CCC4)cc1. The number of nitrogens with zero attached hydrogens (tertiary/aromatic N) is 2. The molecular weight excluding hydrogens is 306 g/mol. The highest BCUT2D eigenvalue weighted by atomic mass is 35.5. The monoisotopic (exact) mass is 319 g/mol. The van der Waals surface area contributed by atoms with Crippen LogP contribution in [0, 0.1) is 0 Å². The maximum atomic E-state index is 9.34. The van der Waals surface area contributed by atoms with Gasteiger partial charge < -0.3 is 10.4 Å². The molecule has 1 aromatic carbocycles. The Labute approximate surface area is 132 Å². The van der Waals surface area contributed by atoms with E-state index in [2.05, 4.69) is 15.3 Å². The molecule has 0 spiro atoms. The molecular formula is C15H14ClN3OS. The Morgan fingerprint density at radius 2 is 1.90 bits per heavy atom. The Kier molecular flexibility index (Phi) is 3.69. The molecule has 0 atom stereocenters. The number of rotatable bonds is 2. The molecule has 4 rings (SSSR count). The Balaban J connectivity index is 0.00000132. The fraction of sp³-hybridized carbons (Fsp3) is 0.200. The molecule has 0 saturated heterocycles. The summed E-state index contributed by atoms with van der Waals surface area (Å²) in [6.07, 6.45) is 5.11. The molecule has 6 heteroatoms. The van der Waals surface area contributed by atoms with E-state index >= 15 is 0 Å². The van der Waals surface area contributed by atoms with Crippen LogP contribution >= 0.6 is 23.7 Å². The van der Waals surface area contributed by atoms with Gasteiger partial charge >= 0.3 is 0 Å². The van der Waals surface area contributed by atoms with E-state index in [-0.39, 0.29) is 18.2 Å². The first-order valence-electron chi connectivity index (χ1n) is 6.62. The molecule has 108 valence electrons. The van der Waals surface area contributed by atoms with Gasteiger partial charge in [0.05, 0.1) is 5.39 Å². The predicted octanol–water partition coefficient (Wildman–Crippen LogP) is 4.05. The minimum atomic E-state index is 0. The van der Waals surface area contributed by atoms with E-state index in [0.29, 0.717) is 0 Å². The van der Waals surface area contributed by atoms with E-state index in [0.717, 1.165) is 34.6 Å². The number of hydrogen-bond donors (Lipinski definition) is 2. The van der Waals surface area contributed by atoms with Gasteiger partial charge in [-0.25, -0.2) is 9.97 Å². The molecule has 2 N–H and O–H groups in total. The number of benzene rings is 1. The van der Waals surface area contributed by atoms with Gasteiger partial charge in [0.1, 0.15) is 22.7 Å². The fourth-order valence-corrected chi connectivity index (χ4v) is 3.93. The van der Waals surface area contributed by atoms with Crippen molar-refractivity contribution in [2.45, 2.75) is 19.3 Å². The zero-order valence-electron chi connectivity index (χ0n) is 11.2. The normalized spacial score (nSPS) is 13.0. The first kappa shape index (κ1) is 14.1. The van der Waals surface area contributed by atoms with Crippen molar-refractivity contribution in [2.75, 3.05) is 5.32 Å². The van der Waals surface area contributed by atoms with Crippen molar-refractivity contribution < 1.29 is 5.11 Å². The second-order valence-corrected chi connectivity index (χ2v) is 6.02. The maximum Gasteiger partial charge on any atom is 0.142 e. The quantitative estimate of drug-likeness (QED) is 0.700. The summed E-state index contributed by atoms with van der Waals surface area (Å²) in [5, 5.41) is 13.8. The average molecular weight is 320 g/mol. The van der Waals surface area contributed by atoms with Crippen molar-refractivity contribution in [1.82, 2.24) is 9.97 Å². The standard InChI is InChI=1S/C15H13N3OS.ClH/c19-10-6-4-9(5-7-10)18-14-13-11-2-1-3-12(11)20-15(13)17-8-16-14;/h4-8,19H,1-3H2,(H,16,17,18);1H. The topological polar surface area (TPSA) is 58.0 Å². The summed E-state index contributed by atoms with van der Waals surface area (Å²) in [7, 11) is 0. The number of nitrogens with one attached hydrogen (secondary N) is 1. The maximum absolute atomic E-state index is 9.34. The smallest absolute Gasteiger partial charge is 0.142 e. The summed E-state index contributed by atoms with van der Waals surface area (Å²) < 4.78 is 0. The summed E-state index contributed by atoms with van der Waals surface area (Å²) in [5.74, 6) is 1.12. The van der Waals surface area contributed by atoms with Gasteiger partial charge in [0.15, 0.2) is 0 Å². The minimum Gasteiger partial charge on any atom is -0.508 e. The van der Waals surface area contributed by atoms with Gasteiger partial charge in [0, 0.05) is 10.6 Å². The Hall–Kier alpha value is -1.85. The minimum absolute atomic E-state index is 0. The number of aryl methyl sites for hydroxylation is 2. The lowest BCUT2D eigenvalue weighted by Gasteiger charge is -2.07. The number of anilines is 2. The summed E-state index contributed by atoms with van der Waals surface area (Å²) in [6.45, 7) is 0. The van der Waals surface area contributed by atoms with Crippen LogP contribution in [-0.4, -0.2) is 15.1 Å². The summed E-state index contributed by atoms with van der Waals surface area (Å²) in [6, 6.07) is 7.02. The number of hydrogen-bond acceptors (Lipinski definition) is 5. The highest BCUT2D eigenvalue weighted by Gasteiger charge is 2.21. The van der Waals surface area contributed by atoms with Crippen LogP contribution in [0.25, 0.3) is 10.2 Å². The van der Waals surface area contributed by atoms with Gasteiger partial charge in [-0.3, -0.25) is 0 Å². The van der Waals surface area contributed by atoms with Crippen molar-refractivity contribution in [3.05, 3.63) is 41.0 Å². The molecule has 0 fully saturated rings. The lowest BCUT2D eigenvalue weighted by molar-refractivity contribution is 0.475. The molecule has 3 aromatic rings. The lowest BCUT2D eigenvalue weighted by atomic mass is 10.2. The number of fused-ring (bicyclic) bond motifs is 3. The van der Waals surface area contributed by atoms with E-state index in [1.807, 2.05) is 12.1 Å². The molecule has 2 heterocycles. The number of thiophene rings is 1. The molecule has 0 amide bonds. The second kappa shape index (κ2) is 5.50. The number of halogens is 1. The first-order chi connectivity index (χ1) is 9.81. The van der Waals surface area contributed by atoms with Crippen molar-refractivity contribution in [2.24, 2.45) is 0 Å². The van der Waals surface area contributed by atoms with Gasteiger partial charge in [-0.15, -0.1) is 23.7 Å². The Morgan fingerprint density at radius 1 is 1.10 bits per heavy atom. The van der Waals surface area contributed by atoms with Crippen molar-refractivity contribution >= 4 is 45.5 Å². The number of phenols is 1. The fourth-order valence-electron chi connectivity index (χ4n) is 2.70. The van der Waals surface area contributed by atoms with E-state index in [1.54, 1.807) is 29.8 Å². The highest BCUT2D eigenvalue weighted by molar-refractivity contribution is 7.19. The second-order valence-electron chi connectivity index (χ2n) is 4.93. The van der Waals surface area contributed by atoms with Crippen LogP contribution in [0.4, 0.5) is 11.5 Å². The van der Waals surface area contributed by atoms with Crippen LogP contribution in [0.2, 0.25) is 0 Å². The summed E-state index contributed by atoms with van der Waals surface area (Å²) in [5.41, 5.74) is 2.33. The molecule has 21 heavy (non-hydrogen) atoms. The zero-order chi connectivity index (χ0) is 13.5. The van der Waals surface area contributed by atoms with Gasteiger partial charge in [-0.1, -0.05) is 0 Å². The molecule has 0 unspecified atom stereocenters.